The Bertz CT molecular complexity index is 844. The maximum absolute atomic E-state index is 12.1. The highest BCUT2D eigenvalue weighted by Gasteiger charge is 2.49. The van der Waals surface area contributed by atoms with Gasteiger partial charge in [-0.25, -0.2) is 18.5 Å². The molecule has 0 aromatic rings. The van der Waals surface area contributed by atoms with Gasteiger partial charge in [0.15, 0.2) is 0 Å². The number of ether oxygens (including phenoxy) is 1. The van der Waals surface area contributed by atoms with Gasteiger partial charge in [-0.05, 0) is 18.8 Å². The van der Waals surface area contributed by atoms with Crippen LogP contribution in [0.15, 0.2) is 4.99 Å². The lowest BCUT2D eigenvalue weighted by Gasteiger charge is -2.36. The van der Waals surface area contributed by atoms with Crippen molar-refractivity contribution < 1.29 is 55.9 Å². The van der Waals surface area contributed by atoms with E-state index in [0.29, 0.717) is 19.3 Å². The van der Waals surface area contributed by atoms with Gasteiger partial charge in [-0.3, -0.25) is 9.42 Å². The molecule has 174 valence electrons. The predicted molar refractivity (Wildman–Crippen MR) is 99.8 cm³/mol. The summed E-state index contributed by atoms with van der Waals surface area (Å²) in [6, 6.07) is -0.573. The highest BCUT2D eigenvalue weighted by Crippen LogP contribution is 2.66. The van der Waals surface area contributed by atoms with E-state index in [-0.39, 0.29) is 18.3 Å². The molecular formula is C12H24N3O12P3. The molecule has 2 amide bonds. The second kappa shape index (κ2) is 9.05. The molecule has 15 nitrogen and oxygen atoms in total. The molecule has 1 fully saturated rings. The number of rotatable bonds is 9. The molecule has 0 aromatic heterocycles. The van der Waals surface area contributed by atoms with Crippen LogP contribution in [0.1, 0.15) is 33.1 Å². The standard InChI is InChI=1S/C12H24N3O12P3/c1-8(2)12(5-3-10(25-12)15-6-4-9(13)14-11(15)16)7-24-29(20,21)27-30(22,23)26-28(17,18)19/h8,10H,3-7H2,1-2H3,(H,20,21)(H,22,23)(H2,13,14,16)(H2,17,18,19)/t10-,12+/m1/s1. The van der Waals surface area contributed by atoms with Crippen LogP contribution in [0.4, 0.5) is 4.79 Å². The quantitative estimate of drug-likeness (QED) is 0.282. The molecule has 0 bridgehead atoms. The molecule has 2 rings (SSSR count). The molecule has 0 saturated carbocycles. The minimum atomic E-state index is -5.61. The van der Waals surface area contributed by atoms with Crippen LogP contribution in [0.2, 0.25) is 0 Å². The van der Waals surface area contributed by atoms with Gasteiger partial charge in [0.2, 0.25) is 0 Å². The van der Waals surface area contributed by atoms with Crippen molar-refractivity contribution in [1.29, 1.82) is 0 Å². The summed E-state index contributed by atoms with van der Waals surface area (Å²) in [6.07, 6.45) is 0.330. The van der Waals surface area contributed by atoms with E-state index >= 15 is 0 Å². The lowest BCUT2D eigenvalue weighted by Crippen LogP contribution is -2.47. The molecule has 0 aliphatic carbocycles. The highest BCUT2D eigenvalue weighted by atomic mass is 31.3. The molecule has 2 unspecified atom stereocenters. The first-order chi connectivity index (χ1) is 13.5. The molecule has 2 aliphatic rings. The fourth-order valence-electron chi connectivity index (χ4n) is 3.01. The van der Waals surface area contributed by atoms with Crippen molar-refractivity contribution in [2.45, 2.75) is 44.9 Å². The van der Waals surface area contributed by atoms with E-state index in [9.17, 15) is 28.3 Å². The number of amidine groups is 1. The van der Waals surface area contributed by atoms with Crippen LogP contribution >= 0.6 is 23.5 Å². The van der Waals surface area contributed by atoms with Gasteiger partial charge in [0.05, 0.1) is 12.2 Å². The van der Waals surface area contributed by atoms with E-state index in [2.05, 4.69) is 13.6 Å². The first kappa shape index (κ1) is 25.6. The van der Waals surface area contributed by atoms with Gasteiger partial charge in [-0.15, -0.1) is 0 Å². The molecule has 2 aliphatic heterocycles. The first-order valence-electron chi connectivity index (χ1n) is 8.64. The smallest absolute Gasteiger partial charge is 0.387 e. The zero-order valence-electron chi connectivity index (χ0n) is 16.1. The van der Waals surface area contributed by atoms with E-state index in [1.54, 1.807) is 13.8 Å². The van der Waals surface area contributed by atoms with Crippen LogP contribution in [0.3, 0.4) is 0 Å². The van der Waals surface area contributed by atoms with Crippen LogP contribution < -0.4 is 5.73 Å². The van der Waals surface area contributed by atoms with Crippen molar-refractivity contribution in [3.63, 3.8) is 0 Å². The third-order valence-corrected chi connectivity index (χ3v) is 8.35. The first-order valence-corrected chi connectivity index (χ1v) is 13.2. The summed E-state index contributed by atoms with van der Waals surface area (Å²) in [7, 11) is -16.4. The van der Waals surface area contributed by atoms with Gasteiger partial charge in [-0.2, -0.15) is 13.6 Å². The van der Waals surface area contributed by atoms with Crippen LogP contribution in [-0.4, -0.2) is 61.3 Å². The molecule has 0 aromatic carbocycles. The lowest BCUT2D eigenvalue weighted by molar-refractivity contribution is -0.132. The second-order valence-corrected chi connectivity index (χ2v) is 11.4. The molecule has 0 radical (unpaired) electrons. The molecule has 6 N–H and O–H groups in total. The molecule has 18 heteroatoms. The number of carbonyl (C=O) groups is 1. The Morgan fingerprint density at radius 3 is 2.40 bits per heavy atom. The predicted octanol–water partition coefficient (Wildman–Crippen LogP) is 1.04. The van der Waals surface area contributed by atoms with Gasteiger partial charge in [0, 0.05) is 13.0 Å². The van der Waals surface area contributed by atoms with Crippen molar-refractivity contribution in [2.75, 3.05) is 13.2 Å². The Hall–Kier alpha value is -0.690. The minimum Gasteiger partial charge on any atom is -0.387 e. The van der Waals surface area contributed by atoms with Crippen molar-refractivity contribution in [2.24, 2.45) is 16.6 Å². The van der Waals surface area contributed by atoms with Gasteiger partial charge in [-0.1, -0.05) is 13.8 Å². The number of carbonyl (C=O) groups excluding carboxylic acids is 1. The summed E-state index contributed by atoms with van der Waals surface area (Å²) in [6.45, 7) is 3.16. The average molecular weight is 495 g/mol. The number of nitrogens with zero attached hydrogens (tertiary/aromatic N) is 2. The van der Waals surface area contributed by atoms with Crippen LogP contribution in [0, 0.1) is 5.92 Å². The topological polar surface area (TPSA) is 228 Å². The zero-order chi connectivity index (χ0) is 23.0. The Labute approximate surface area is 171 Å². The average Bonchev–Trinajstić information content (AvgIpc) is 2.95. The summed E-state index contributed by atoms with van der Waals surface area (Å²) in [5.41, 5.74) is 4.37. The molecule has 0 spiro atoms. The van der Waals surface area contributed by atoms with Crippen molar-refractivity contribution in [3.05, 3.63) is 0 Å². The van der Waals surface area contributed by atoms with Gasteiger partial charge >= 0.3 is 29.5 Å². The number of phosphoric ester groups is 1. The number of hydrogen-bond donors (Lipinski definition) is 5. The summed E-state index contributed by atoms with van der Waals surface area (Å²) in [5.74, 6) is -0.0831. The minimum absolute atomic E-state index is 0.206. The van der Waals surface area contributed by atoms with Crippen molar-refractivity contribution in [3.8, 4) is 0 Å². The molecule has 30 heavy (non-hydrogen) atoms. The third-order valence-electron chi connectivity index (χ3n) is 4.57. The van der Waals surface area contributed by atoms with Gasteiger partial charge in [0.1, 0.15) is 12.1 Å². The number of aliphatic imine (C=N–C) groups is 1. The van der Waals surface area contributed by atoms with E-state index in [0.717, 1.165) is 0 Å². The molecule has 1 saturated heterocycles. The second-order valence-electron chi connectivity index (χ2n) is 7.02. The maximum Gasteiger partial charge on any atom is 0.490 e. The monoisotopic (exact) mass is 495 g/mol. The van der Waals surface area contributed by atoms with E-state index in [1.807, 2.05) is 0 Å². The fraction of sp³-hybridized carbons (Fsp3) is 0.833. The summed E-state index contributed by atoms with van der Waals surface area (Å²) in [5, 5.41) is 0. The Morgan fingerprint density at radius 1 is 1.23 bits per heavy atom. The normalized spacial score (nSPS) is 29.6. The van der Waals surface area contributed by atoms with Crippen LogP contribution in [0.5, 0.6) is 0 Å². The Morgan fingerprint density at radius 2 is 1.87 bits per heavy atom. The Kier molecular flexibility index (Phi) is 7.71. The third kappa shape index (κ3) is 6.91. The summed E-state index contributed by atoms with van der Waals surface area (Å²) in [4.78, 5) is 53.1. The number of phosphoric acid groups is 3. The van der Waals surface area contributed by atoms with Gasteiger partial charge < -0.3 is 30.0 Å². The highest BCUT2D eigenvalue weighted by molar-refractivity contribution is 7.66. The number of amides is 2. The van der Waals surface area contributed by atoms with Crippen LogP contribution in [-0.2, 0) is 31.6 Å². The lowest BCUT2D eigenvalue weighted by atomic mass is 9.88. The zero-order valence-corrected chi connectivity index (χ0v) is 18.7. The largest absolute Gasteiger partial charge is 0.490 e. The number of urea groups is 1. The van der Waals surface area contributed by atoms with Crippen LogP contribution in [0.25, 0.3) is 0 Å². The maximum atomic E-state index is 12.1. The number of hydrogen-bond acceptors (Lipinski definition) is 9. The van der Waals surface area contributed by atoms with Crippen molar-refractivity contribution in [1.82, 2.24) is 4.90 Å². The molecule has 2 heterocycles. The molecular weight excluding hydrogens is 471 g/mol. The van der Waals surface area contributed by atoms with Gasteiger partial charge in [0.25, 0.3) is 0 Å². The summed E-state index contributed by atoms with van der Waals surface area (Å²) >= 11 is 0. The number of nitrogens with two attached hydrogens (primary N) is 1. The van der Waals surface area contributed by atoms with E-state index in [1.165, 1.54) is 4.90 Å². The van der Waals surface area contributed by atoms with E-state index < -0.39 is 47.9 Å². The Balaban J connectivity index is 2.06. The fourth-order valence-corrected chi connectivity index (χ4v) is 6.08. The van der Waals surface area contributed by atoms with E-state index in [4.69, 9.17) is 24.8 Å². The summed E-state index contributed by atoms with van der Waals surface area (Å²) < 4.78 is 52.2. The SMILES string of the molecule is CC(C)[C@@]1(COP(=O)(O)OP(=O)(O)OP(=O)(O)O)CC[C@H](N2CCC(N)=NC2=O)O1. The molecule has 4 atom stereocenters. The van der Waals surface area contributed by atoms with Crippen molar-refractivity contribution >= 4 is 35.3 Å².